The molecule has 0 saturated carbocycles. The van der Waals surface area contributed by atoms with Gasteiger partial charge >= 0.3 is 47.5 Å². The van der Waals surface area contributed by atoms with Crippen LogP contribution >= 0.6 is 0 Å². The van der Waals surface area contributed by atoms with Gasteiger partial charge in [0, 0.05) is 17.1 Å². The summed E-state index contributed by atoms with van der Waals surface area (Å²) in [5.41, 5.74) is 0. The van der Waals surface area contributed by atoms with Crippen molar-refractivity contribution in [2.75, 3.05) is 19.8 Å². The fraction of sp³-hybridized carbons (Fsp3) is 0.500. The van der Waals surface area contributed by atoms with Crippen molar-refractivity contribution in [2.45, 2.75) is 36.6 Å². The van der Waals surface area contributed by atoms with Crippen LogP contribution in [-0.4, -0.2) is 131 Å². The zero-order valence-electron chi connectivity index (χ0n) is 19.2. The van der Waals surface area contributed by atoms with Crippen molar-refractivity contribution >= 4 is 17.9 Å². The van der Waals surface area contributed by atoms with Gasteiger partial charge in [0.05, 0.1) is 19.8 Å². The van der Waals surface area contributed by atoms with Gasteiger partial charge in [0.2, 0.25) is 11.5 Å². The Morgan fingerprint density at radius 3 is 1.08 bits per heavy atom. The number of aliphatic hydroxyl groups is 11. The average Bonchev–Trinajstić information content (AvgIpc) is 3.40. The molecule has 20 heteroatoms. The van der Waals surface area contributed by atoms with Gasteiger partial charge in [-0.05, 0) is 5.76 Å². The number of hydrogen-bond donors (Lipinski definition) is 11. The Kier molecular flexibility index (Phi) is 16.6. The number of rotatable bonds is 6. The largest absolute Gasteiger partial charge is 1.00 e. The summed E-state index contributed by atoms with van der Waals surface area (Å²) in [6.07, 6.45) is -8.50. The first kappa shape index (κ1) is 37.9. The normalized spacial score (nSPS) is 24.5. The van der Waals surface area contributed by atoms with Crippen LogP contribution in [0.15, 0.2) is 34.6 Å². The van der Waals surface area contributed by atoms with E-state index in [2.05, 4.69) is 14.2 Å². The number of cyclic esters (lactones) is 3. The number of ether oxygens (including phenoxy) is 3. The topological polar surface area (TPSA) is 324 Å². The fourth-order valence-corrected chi connectivity index (χ4v) is 2.45. The van der Waals surface area contributed by atoms with E-state index in [4.69, 9.17) is 56.2 Å². The zero-order chi connectivity index (χ0) is 27.9. The molecule has 6 atom stereocenters. The maximum atomic E-state index is 10.8. The van der Waals surface area contributed by atoms with Gasteiger partial charge in [0.25, 0.3) is 0 Å². The molecule has 0 fully saturated rings. The minimum absolute atomic E-state index is 0. The van der Waals surface area contributed by atoms with Crippen molar-refractivity contribution in [1.29, 1.82) is 0 Å². The van der Waals surface area contributed by atoms with E-state index in [1.54, 1.807) is 0 Å². The molecule has 3 aliphatic rings. The number of hydrogen-bond acceptors (Lipinski definition) is 18. The molecule has 0 amide bonds. The predicted molar refractivity (Wildman–Crippen MR) is 103 cm³/mol. The summed E-state index contributed by atoms with van der Waals surface area (Å²) >= 11 is 0. The molecule has 3 aliphatic heterocycles. The van der Waals surface area contributed by atoms with Crippen molar-refractivity contribution in [3.63, 3.8) is 0 Å². The maximum absolute atomic E-state index is 10.8. The molecule has 215 valence electrons. The molecule has 3 heterocycles. The molecule has 0 saturated heterocycles. The van der Waals surface area contributed by atoms with Crippen LogP contribution in [0.25, 0.3) is 0 Å². The van der Waals surface area contributed by atoms with Crippen molar-refractivity contribution in [1.82, 2.24) is 0 Å². The Morgan fingerprint density at radius 2 is 0.868 bits per heavy atom. The van der Waals surface area contributed by atoms with E-state index in [1.165, 1.54) is 0 Å². The second-order valence-corrected chi connectivity index (χ2v) is 6.91. The van der Waals surface area contributed by atoms with Crippen LogP contribution in [0.5, 0.6) is 0 Å². The van der Waals surface area contributed by atoms with Crippen LogP contribution in [0.2, 0.25) is 0 Å². The standard InChI is InChI=1S/3C6H8O6.Cu.Na/c3*7-1-2(8)5-3(9)4(10)6(11)12-5;;/h3*2,5,7-10H,1H2;;/q;;;;+1/p-1/t3*2-,5+;;/m000../s1. The number of aliphatic hydroxyl groups excluding tert-OH is 11. The summed E-state index contributed by atoms with van der Waals surface area (Å²) in [5, 5.41) is 107. The third-order valence-corrected chi connectivity index (χ3v) is 4.41. The van der Waals surface area contributed by atoms with E-state index in [0.29, 0.717) is 0 Å². The average molecular weight is 614 g/mol. The summed E-state index contributed by atoms with van der Waals surface area (Å²) in [5.74, 6) is -8.76. The molecule has 0 aromatic heterocycles. The molecular weight excluding hydrogens is 591 g/mol. The summed E-state index contributed by atoms with van der Waals surface area (Å²) < 4.78 is 12.9. The van der Waals surface area contributed by atoms with Crippen LogP contribution in [0.3, 0.4) is 0 Å². The van der Waals surface area contributed by atoms with E-state index in [9.17, 15) is 19.5 Å². The van der Waals surface area contributed by atoms with Gasteiger partial charge in [-0.2, -0.15) is 0 Å². The molecule has 0 aliphatic carbocycles. The molecule has 0 aromatic carbocycles. The van der Waals surface area contributed by atoms with Crippen LogP contribution in [0.1, 0.15) is 0 Å². The molecule has 38 heavy (non-hydrogen) atoms. The molecule has 18 nitrogen and oxygen atoms in total. The summed E-state index contributed by atoms with van der Waals surface area (Å²) in [6, 6.07) is 0. The van der Waals surface area contributed by atoms with Gasteiger partial charge in [-0.25, -0.2) is 14.4 Å². The molecule has 11 N–H and O–H groups in total. The number of carbonyl (C=O) groups excluding carboxylic acids is 3. The van der Waals surface area contributed by atoms with Gasteiger partial charge in [-0.3, -0.25) is 0 Å². The first-order chi connectivity index (χ1) is 16.7. The summed E-state index contributed by atoms with van der Waals surface area (Å²) in [4.78, 5) is 31.6. The third kappa shape index (κ3) is 8.89. The molecule has 0 bridgehead atoms. The monoisotopic (exact) mass is 613 g/mol. The Bertz CT molecular complexity index is 829. The zero-order valence-corrected chi connectivity index (χ0v) is 22.1. The molecule has 3 rings (SSSR count). The van der Waals surface area contributed by atoms with Crippen LogP contribution in [-0.2, 0) is 45.7 Å². The first-order valence-electron chi connectivity index (χ1n) is 9.57. The van der Waals surface area contributed by atoms with Gasteiger partial charge in [0.1, 0.15) is 24.4 Å². The van der Waals surface area contributed by atoms with Gasteiger partial charge in [-0.1, -0.05) is 0 Å². The number of esters is 3. The van der Waals surface area contributed by atoms with E-state index in [-0.39, 0.29) is 46.6 Å². The van der Waals surface area contributed by atoms with E-state index < -0.39 is 109 Å². The van der Waals surface area contributed by atoms with Gasteiger partial charge in [-0.15, -0.1) is 0 Å². The SMILES string of the molecule is O=C1O[C@H]([C@@H](O)CO)C(O)=C1O.O=C1O[C@H]([C@@H](O)CO)C(O)=C1O.O=C1O[C@H]([C@@H](O)CO)C([O-])=C1O.[Cu].[Na+]. The predicted octanol–water partition coefficient (Wildman–Crippen LogP) is -8.42. The Hall–Kier alpha value is -2.29. The van der Waals surface area contributed by atoms with Crippen molar-refractivity contribution in [2.24, 2.45) is 0 Å². The summed E-state index contributed by atoms with van der Waals surface area (Å²) in [6.45, 7) is -2.05. The molecule has 1 radical (unpaired) electrons. The van der Waals surface area contributed by atoms with Gasteiger partial charge in [0.15, 0.2) is 29.5 Å². The Labute approximate surface area is 244 Å². The fourth-order valence-electron chi connectivity index (χ4n) is 2.45. The first-order valence-corrected chi connectivity index (χ1v) is 9.57. The van der Waals surface area contributed by atoms with Gasteiger partial charge < -0.3 is 75.5 Å². The summed E-state index contributed by atoms with van der Waals surface area (Å²) in [7, 11) is 0. The van der Waals surface area contributed by atoms with Crippen molar-refractivity contribution in [3.8, 4) is 0 Å². The van der Waals surface area contributed by atoms with E-state index in [0.717, 1.165) is 0 Å². The van der Waals surface area contributed by atoms with Crippen LogP contribution in [0.4, 0.5) is 0 Å². The number of carbonyl (C=O) groups is 3. The second-order valence-electron chi connectivity index (χ2n) is 6.91. The smallest absolute Gasteiger partial charge is 0.870 e. The van der Waals surface area contributed by atoms with E-state index >= 15 is 0 Å². The third-order valence-electron chi connectivity index (χ3n) is 4.41. The Morgan fingerprint density at radius 1 is 0.605 bits per heavy atom. The molecular formula is C18H23CuNaO18. The maximum Gasteiger partial charge on any atom is 1.00 e. The molecule has 0 aromatic rings. The van der Waals surface area contributed by atoms with Crippen molar-refractivity contribution in [3.05, 3.63) is 34.6 Å². The minimum atomic E-state index is -1.48. The van der Waals surface area contributed by atoms with Crippen molar-refractivity contribution < 1.29 is 136 Å². The Balaban J connectivity index is 0. The van der Waals surface area contributed by atoms with Crippen LogP contribution < -0.4 is 34.7 Å². The van der Waals surface area contributed by atoms with E-state index in [1.807, 2.05) is 0 Å². The minimum Gasteiger partial charge on any atom is -0.870 e. The molecule has 0 spiro atoms. The quantitative estimate of drug-likeness (QED) is 0.0752. The van der Waals surface area contributed by atoms with Crippen LogP contribution in [0, 0.1) is 0 Å². The molecule has 0 unspecified atom stereocenters. The second kappa shape index (κ2) is 16.6.